The second-order valence-electron chi connectivity index (χ2n) is 5.84. The first-order valence-electron chi connectivity index (χ1n) is 7.36. The van der Waals surface area contributed by atoms with E-state index in [1.54, 1.807) is 0 Å². The molecule has 1 atom stereocenters. The molecule has 0 bridgehead atoms. The third-order valence-electron chi connectivity index (χ3n) is 3.98. The molecule has 1 saturated heterocycles. The number of benzene rings is 1. The van der Waals surface area contributed by atoms with E-state index in [0.717, 1.165) is 19.5 Å². The van der Waals surface area contributed by atoms with Crippen LogP contribution in [0.5, 0.6) is 0 Å². The molecule has 19 heavy (non-hydrogen) atoms. The highest BCUT2D eigenvalue weighted by molar-refractivity contribution is 5.27. The highest BCUT2D eigenvalue weighted by atomic mass is 15.2. The molecule has 1 aromatic carbocycles. The summed E-state index contributed by atoms with van der Waals surface area (Å²) in [5.41, 5.74) is 8.58. The quantitative estimate of drug-likeness (QED) is 0.846. The van der Waals surface area contributed by atoms with E-state index in [2.05, 4.69) is 48.2 Å². The van der Waals surface area contributed by atoms with Crippen molar-refractivity contribution in [2.24, 2.45) is 5.73 Å². The van der Waals surface area contributed by atoms with Gasteiger partial charge in [0.1, 0.15) is 0 Å². The fourth-order valence-electron chi connectivity index (χ4n) is 3.06. The second-order valence-corrected chi connectivity index (χ2v) is 5.84. The minimum atomic E-state index is 0.709. The van der Waals surface area contributed by atoms with Crippen LogP contribution < -0.4 is 5.73 Å². The molecular formula is C16H27N3. The van der Waals surface area contributed by atoms with Gasteiger partial charge in [-0.2, -0.15) is 0 Å². The molecule has 106 valence electrons. The van der Waals surface area contributed by atoms with E-state index in [0.29, 0.717) is 6.04 Å². The largest absolute Gasteiger partial charge is 0.330 e. The van der Waals surface area contributed by atoms with Crippen LogP contribution in [0.1, 0.15) is 24.0 Å². The van der Waals surface area contributed by atoms with Gasteiger partial charge in [0, 0.05) is 19.1 Å². The molecule has 2 N–H and O–H groups in total. The van der Waals surface area contributed by atoms with Crippen LogP contribution in [-0.2, 0) is 13.0 Å². The van der Waals surface area contributed by atoms with Crippen molar-refractivity contribution in [1.82, 2.24) is 9.80 Å². The second kappa shape index (κ2) is 7.04. The molecule has 1 aromatic rings. The van der Waals surface area contributed by atoms with Crippen molar-refractivity contribution < 1.29 is 0 Å². The maximum absolute atomic E-state index is 5.71. The van der Waals surface area contributed by atoms with Gasteiger partial charge in [-0.25, -0.2) is 0 Å². The molecule has 0 aliphatic carbocycles. The lowest BCUT2D eigenvalue weighted by Gasteiger charge is -2.27. The van der Waals surface area contributed by atoms with Crippen LogP contribution in [0.4, 0.5) is 0 Å². The predicted octanol–water partition coefficient (Wildman–Crippen LogP) is 1.71. The van der Waals surface area contributed by atoms with Crippen molar-refractivity contribution in [2.45, 2.75) is 31.8 Å². The smallest absolute Gasteiger partial charge is 0.0239 e. The average Bonchev–Trinajstić information content (AvgIpc) is 2.79. The average molecular weight is 261 g/mol. The molecule has 2 rings (SSSR count). The van der Waals surface area contributed by atoms with Gasteiger partial charge >= 0.3 is 0 Å². The highest BCUT2D eigenvalue weighted by Crippen LogP contribution is 2.22. The Kier molecular flexibility index (Phi) is 5.37. The van der Waals surface area contributed by atoms with E-state index in [9.17, 15) is 0 Å². The lowest BCUT2D eigenvalue weighted by atomic mass is 10.0. The summed E-state index contributed by atoms with van der Waals surface area (Å²) in [5.74, 6) is 0. The van der Waals surface area contributed by atoms with E-state index >= 15 is 0 Å². The summed E-state index contributed by atoms with van der Waals surface area (Å²) in [5, 5.41) is 0. The molecule has 1 aliphatic rings. The minimum absolute atomic E-state index is 0.709. The van der Waals surface area contributed by atoms with Crippen LogP contribution in [-0.4, -0.2) is 49.6 Å². The van der Waals surface area contributed by atoms with Gasteiger partial charge < -0.3 is 10.6 Å². The molecular weight excluding hydrogens is 234 g/mol. The Hall–Kier alpha value is -0.900. The fraction of sp³-hybridized carbons (Fsp3) is 0.625. The molecule has 0 aromatic heterocycles. The van der Waals surface area contributed by atoms with Gasteiger partial charge in [0.15, 0.2) is 0 Å². The third kappa shape index (κ3) is 4.03. The van der Waals surface area contributed by atoms with Crippen LogP contribution in [0.3, 0.4) is 0 Å². The Morgan fingerprint density at radius 1 is 1.26 bits per heavy atom. The normalized spacial score (nSPS) is 20.3. The van der Waals surface area contributed by atoms with E-state index < -0.39 is 0 Å². The zero-order valence-corrected chi connectivity index (χ0v) is 12.3. The minimum Gasteiger partial charge on any atom is -0.330 e. The molecule has 0 amide bonds. The maximum Gasteiger partial charge on any atom is 0.0239 e. The highest BCUT2D eigenvalue weighted by Gasteiger charge is 2.25. The lowest BCUT2D eigenvalue weighted by Crippen LogP contribution is -2.37. The Morgan fingerprint density at radius 3 is 2.68 bits per heavy atom. The summed E-state index contributed by atoms with van der Waals surface area (Å²) in [7, 11) is 4.33. The van der Waals surface area contributed by atoms with Gasteiger partial charge in [0.05, 0.1) is 0 Å². The zero-order chi connectivity index (χ0) is 13.7. The van der Waals surface area contributed by atoms with E-state index in [4.69, 9.17) is 5.73 Å². The summed E-state index contributed by atoms with van der Waals surface area (Å²) in [6.45, 7) is 4.21. The van der Waals surface area contributed by atoms with Gasteiger partial charge in [-0.05, 0) is 57.6 Å². The molecule has 3 heteroatoms. The van der Waals surface area contributed by atoms with Gasteiger partial charge in [0.2, 0.25) is 0 Å². The molecule has 1 unspecified atom stereocenters. The van der Waals surface area contributed by atoms with Crippen LogP contribution in [0, 0.1) is 0 Å². The number of likely N-dealkylation sites (N-methyl/N-ethyl adjacent to an activating group) is 1. The number of hydrogen-bond donors (Lipinski definition) is 1. The van der Waals surface area contributed by atoms with Crippen molar-refractivity contribution in [2.75, 3.05) is 33.7 Å². The van der Waals surface area contributed by atoms with Crippen molar-refractivity contribution in [1.29, 1.82) is 0 Å². The zero-order valence-electron chi connectivity index (χ0n) is 12.3. The van der Waals surface area contributed by atoms with Crippen molar-refractivity contribution in [3.8, 4) is 0 Å². The van der Waals surface area contributed by atoms with E-state index in [1.807, 2.05) is 0 Å². The monoisotopic (exact) mass is 261 g/mol. The Morgan fingerprint density at radius 2 is 2.00 bits per heavy atom. The number of likely N-dealkylation sites (tertiary alicyclic amines) is 1. The van der Waals surface area contributed by atoms with Crippen LogP contribution >= 0.6 is 0 Å². The molecule has 1 aliphatic heterocycles. The van der Waals surface area contributed by atoms with Crippen molar-refractivity contribution in [3.05, 3.63) is 35.4 Å². The number of hydrogen-bond acceptors (Lipinski definition) is 3. The Labute approximate surface area is 117 Å². The Balaban J connectivity index is 2.03. The molecule has 1 heterocycles. The molecule has 3 nitrogen and oxygen atoms in total. The first kappa shape index (κ1) is 14.5. The fourth-order valence-corrected chi connectivity index (χ4v) is 3.06. The van der Waals surface area contributed by atoms with Gasteiger partial charge in [-0.15, -0.1) is 0 Å². The Bertz CT molecular complexity index is 389. The SMILES string of the molecule is CN(C)CC1CCCN1Cc1ccccc1CCN. The number of nitrogens with two attached hydrogens (primary N) is 1. The number of nitrogens with zero attached hydrogens (tertiary/aromatic N) is 2. The summed E-state index contributed by atoms with van der Waals surface area (Å²) in [6, 6.07) is 9.46. The van der Waals surface area contributed by atoms with Crippen molar-refractivity contribution in [3.63, 3.8) is 0 Å². The summed E-state index contributed by atoms with van der Waals surface area (Å²) in [6.07, 6.45) is 3.65. The summed E-state index contributed by atoms with van der Waals surface area (Å²) >= 11 is 0. The van der Waals surface area contributed by atoms with Crippen LogP contribution in [0.2, 0.25) is 0 Å². The standard InChI is InChI=1S/C16H27N3/c1-18(2)13-16-8-5-11-19(16)12-15-7-4-3-6-14(15)9-10-17/h3-4,6-7,16H,5,8-13,17H2,1-2H3. The topological polar surface area (TPSA) is 32.5 Å². The summed E-state index contributed by atoms with van der Waals surface area (Å²) < 4.78 is 0. The molecule has 0 spiro atoms. The first-order chi connectivity index (χ1) is 9.20. The van der Waals surface area contributed by atoms with Gasteiger partial charge in [-0.3, -0.25) is 4.90 Å². The van der Waals surface area contributed by atoms with Gasteiger partial charge in [-0.1, -0.05) is 24.3 Å². The predicted molar refractivity (Wildman–Crippen MR) is 81.2 cm³/mol. The van der Waals surface area contributed by atoms with E-state index in [-0.39, 0.29) is 0 Å². The van der Waals surface area contributed by atoms with Crippen LogP contribution in [0.15, 0.2) is 24.3 Å². The van der Waals surface area contributed by atoms with E-state index in [1.165, 1.54) is 37.1 Å². The maximum atomic E-state index is 5.71. The number of rotatable bonds is 6. The molecule has 1 fully saturated rings. The van der Waals surface area contributed by atoms with Crippen molar-refractivity contribution >= 4 is 0 Å². The van der Waals surface area contributed by atoms with Gasteiger partial charge in [0.25, 0.3) is 0 Å². The summed E-state index contributed by atoms with van der Waals surface area (Å²) in [4.78, 5) is 4.93. The van der Waals surface area contributed by atoms with Crippen LogP contribution in [0.25, 0.3) is 0 Å². The molecule has 0 saturated carbocycles. The lowest BCUT2D eigenvalue weighted by molar-refractivity contribution is 0.200. The molecule has 0 radical (unpaired) electrons. The first-order valence-corrected chi connectivity index (χ1v) is 7.36. The third-order valence-corrected chi connectivity index (χ3v) is 3.98.